The second-order valence-electron chi connectivity index (χ2n) is 7.35. The molecule has 10 heteroatoms. The summed E-state index contributed by atoms with van der Waals surface area (Å²) in [6.07, 6.45) is 0. The van der Waals surface area contributed by atoms with Crippen LogP contribution in [0, 0.1) is 6.92 Å². The Bertz CT molecular complexity index is 1310. The van der Waals surface area contributed by atoms with E-state index in [9.17, 15) is 19.5 Å². The number of Topliss-reactive ketones (excluding diaryl/α,β-unsaturated/α-hetero) is 1. The smallest absolute Gasteiger partial charge is 0.350 e. The molecular formula is C24H19ClN2O6S. The van der Waals surface area contributed by atoms with Crippen molar-refractivity contribution in [2.75, 3.05) is 19.1 Å². The van der Waals surface area contributed by atoms with Crippen LogP contribution in [0.4, 0.5) is 5.13 Å². The number of aliphatic hydroxyl groups excluding tert-OH is 1. The topological polar surface area (TPSA) is 106 Å². The standard InChI is InChI=1S/C24H19ClN2O6S/c1-12-21(23(31)33-3)34-24(26-12)27-18(13-4-8-15(25)9-5-13)17(20(29)22(27)30)19(28)14-6-10-16(32-2)11-7-14/h4-11,18,28H,1-3H3/b19-17+/t18-/m0/s1. The molecular weight excluding hydrogens is 480 g/mol. The minimum atomic E-state index is -0.990. The van der Waals surface area contributed by atoms with Crippen LogP contribution in [0.25, 0.3) is 5.76 Å². The van der Waals surface area contributed by atoms with Gasteiger partial charge in [0.25, 0.3) is 5.78 Å². The van der Waals surface area contributed by atoms with Crippen LogP contribution in [-0.4, -0.2) is 42.0 Å². The molecule has 1 aliphatic rings. The van der Waals surface area contributed by atoms with E-state index in [1.54, 1.807) is 55.5 Å². The number of thiazole rings is 1. The number of methoxy groups -OCH3 is 2. The molecule has 8 nitrogen and oxygen atoms in total. The lowest BCUT2D eigenvalue weighted by atomic mass is 9.95. The third-order valence-corrected chi connectivity index (χ3v) is 6.74. The highest BCUT2D eigenvalue weighted by Gasteiger charge is 2.48. The molecule has 0 aliphatic carbocycles. The molecule has 34 heavy (non-hydrogen) atoms. The molecule has 1 fully saturated rings. The van der Waals surface area contributed by atoms with Gasteiger partial charge in [-0.1, -0.05) is 35.1 Å². The lowest BCUT2D eigenvalue weighted by molar-refractivity contribution is -0.132. The van der Waals surface area contributed by atoms with Crippen molar-refractivity contribution >= 4 is 51.5 Å². The van der Waals surface area contributed by atoms with Crippen LogP contribution in [0.2, 0.25) is 5.02 Å². The van der Waals surface area contributed by atoms with Crippen LogP contribution >= 0.6 is 22.9 Å². The maximum Gasteiger partial charge on any atom is 0.350 e. The van der Waals surface area contributed by atoms with Crippen LogP contribution in [0.3, 0.4) is 0 Å². The fraction of sp³-hybridized carbons (Fsp3) is 0.167. The van der Waals surface area contributed by atoms with Gasteiger partial charge in [-0.15, -0.1) is 0 Å². The Morgan fingerprint density at radius 2 is 1.74 bits per heavy atom. The summed E-state index contributed by atoms with van der Waals surface area (Å²) in [5.74, 6) is -2.12. The van der Waals surface area contributed by atoms with E-state index in [2.05, 4.69) is 4.98 Å². The highest BCUT2D eigenvalue weighted by molar-refractivity contribution is 7.17. The van der Waals surface area contributed by atoms with Gasteiger partial charge in [0, 0.05) is 10.6 Å². The number of amides is 1. The van der Waals surface area contributed by atoms with Gasteiger partial charge in [-0.3, -0.25) is 14.5 Å². The van der Waals surface area contributed by atoms with Crippen molar-refractivity contribution < 1.29 is 29.0 Å². The van der Waals surface area contributed by atoms with Gasteiger partial charge in [-0.05, 0) is 48.9 Å². The van der Waals surface area contributed by atoms with Crippen LogP contribution in [-0.2, 0) is 14.3 Å². The van der Waals surface area contributed by atoms with Crippen molar-refractivity contribution in [3.8, 4) is 5.75 Å². The molecule has 1 aromatic heterocycles. The Balaban J connectivity index is 1.91. The average molecular weight is 499 g/mol. The van der Waals surface area contributed by atoms with Crippen LogP contribution < -0.4 is 9.64 Å². The van der Waals surface area contributed by atoms with Crippen molar-refractivity contribution in [3.63, 3.8) is 0 Å². The van der Waals surface area contributed by atoms with E-state index in [0.717, 1.165) is 11.3 Å². The molecule has 1 amide bonds. The largest absolute Gasteiger partial charge is 0.507 e. The van der Waals surface area contributed by atoms with Gasteiger partial charge in [0.2, 0.25) is 0 Å². The molecule has 2 aromatic carbocycles. The minimum absolute atomic E-state index is 0.107. The Morgan fingerprint density at radius 3 is 2.32 bits per heavy atom. The molecule has 0 bridgehead atoms. The maximum absolute atomic E-state index is 13.2. The SMILES string of the molecule is COC(=O)c1sc(N2C(=O)C(=O)/C(=C(/O)c3ccc(OC)cc3)[C@@H]2c2ccc(Cl)cc2)nc1C. The number of aliphatic hydroxyl groups is 1. The number of halogens is 1. The first-order valence-corrected chi connectivity index (χ1v) is 11.2. The Kier molecular flexibility index (Phi) is 6.41. The number of aromatic nitrogens is 1. The van der Waals surface area contributed by atoms with Crippen molar-refractivity contribution in [3.05, 3.63) is 80.8 Å². The van der Waals surface area contributed by atoms with Gasteiger partial charge in [0.15, 0.2) is 5.13 Å². The number of esters is 1. The summed E-state index contributed by atoms with van der Waals surface area (Å²) in [6, 6.07) is 12.0. The number of nitrogens with zero attached hydrogens (tertiary/aromatic N) is 2. The minimum Gasteiger partial charge on any atom is -0.507 e. The molecule has 174 valence electrons. The van der Waals surface area contributed by atoms with E-state index >= 15 is 0 Å². The Hall–Kier alpha value is -3.69. The fourth-order valence-electron chi connectivity index (χ4n) is 3.66. The van der Waals surface area contributed by atoms with Crippen molar-refractivity contribution in [1.29, 1.82) is 0 Å². The van der Waals surface area contributed by atoms with Gasteiger partial charge < -0.3 is 14.6 Å². The first-order valence-electron chi connectivity index (χ1n) is 10.0. The highest BCUT2D eigenvalue weighted by atomic mass is 35.5. The summed E-state index contributed by atoms with van der Waals surface area (Å²) >= 11 is 6.98. The van der Waals surface area contributed by atoms with E-state index in [0.29, 0.717) is 27.6 Å². The van der Waals surface area contributed by atoms with Crippen LogP contribution in [0.1, 0.15) is 32.5 Å². The molecule has 1 saturated heterocycles. The number of benzene rings is 2. The summed E-state index contributed by atoms with van der Waals surface area (Å²) in [4.78, 5) is 44.2. The van der Waals surface area contributed by atoms with E-state index in [1.165, 1.54) is 19.1 Å². The number of ether oxygens (including phenoxy) is 2. The van der Waals surface area contributed by atoms with E-state index in [4.69, 9.17) is 21.1 Å². The Labute approximate surface area is 204 Å². The van der Waals surface area contributed by atoms with Crippen molar-refractivity contribution in [1.82, 2.24) is 4.98 Å². The van der Waals surface area contributed by atoms with Crippen LogP contribution in [0.5, 0.6) is 5.75 Å². The van der Waals surface area contributed by atoms with E-state index in [1.807, 2.05) is 0 Å². The third-order valence-electron chi connectivity index (χ3n) is 5.36. The molecule has 3 aromatic rings. The molecule has 0 radical (unpaired) electrons. The predicted octanol–water partition coefficient (Wildman–Crippen LogP) is 4.53. The highest BCUT2D eigenvalue weighted by Crippen LogP contribution is 2.44. The quantitative estimate of drug-likeness (QED) is 0.238. The molecule has 4 rings (SSSR count). The average Bonchev–Trinajstić information content (AvgIpc) is 3.35. The van der Waals surface area contributed by atoms with Gasteiger partial charge in [0.1, 0.15) is 16.4 Å². The predicted molar refractivity (Wildman–Crippen MR) is 127 cm³/mol. The number of carbonyl (C=O) groups excluding carboxylic acids is 3. The third kappa shape index (κ3) is 4.04. The monoisotopic (exact) mass is 498 g/mol. The lowest BCUT2D eigenvalue weighted by Crippen LogP contribution is -2.29. The summed E-state index contributed by atoms with van der Waals surface area (Å²) in [6.45, 7) is 1.61. The molecule has 1 atom stereocenters. The summed E-state index contributed by atoms with van der Waals surface area (Å²) in [7, 11) is 2.76. The zero-order chi connectivity index (χ0) is 24.6. The number of hydrogen-bond donors (Lipinski definition) is 1. The Morgan fingerprint density at radius 1 is 1.09 bits per heavy atom. The molecule has 1 N–H and O–H groups in total. The molecule has 0 saturated carbocycles. The van der Waals surface area contributed by atoms with E-state index in [-0.39, 0.29) is 21.3 Å². The first kappa shape index (κ1) is 23.5. The number of aryl methyl sites for hydroxylation is 1. The maximum atomic E-state index is 13.2. The van der Waals surface area contributed by atoms with Crippen LogP contribution in [0.15, 0.2) is 54.1 Å². The molecule has 0 unspecified atom stereocenters. The normalized spacial score (nSPS) is 17.2. The number of ketones is 1. The van der Waals surface area contributed by atoms with E-state index < -0.39 is 23.7 Å². The van der Waals surface area contributed by atoms with Gasteiger partial charge in [-0.25, -0.2) is 9.78 Å². The zero-order valence-corrected chi connectivity index (χ0v) is 19.9. The van der Waals surface area contributed by atoms with Gasteiger partial charge >= 0.3 is 11.9 Å². The van der Waals surface area contributed by atoms with Crippen molar-refractivity contribution in [2.24, 2.45) is 0 Å². The summed E-state index contributed by atoms with van der Waals surface area (Å²) < 4.78 is 9.94. The molecule has 1 aliphatic heterocycles. The number of hydrogen-bond acceptors (Lipinski definition) is 8. The molecule has 0 spiro atoms. The first-order chi connectivity index (χ1) is 16.3. The summed E-state index contributed by atoms with van der Waals surface area (Å²) in [5, 5.41) is 11.7. The second kappa shape index (κ2) is 9.28. The van der Waals surface area contributed by atoms with Crippen molar-refractivity contribution in [2.45, 2.75) is 13.0 Å². The summed E-state index contributed by atoms with van der Waals surface area (Å²) in [5.41, 5.74) is 1.12. The van der Waals surface area contributed by atoms with Gasteiger partial charge in [0.05, 0.1) is 31.5 Å². The lowest BCUT2D eigenvalue weighted by Gasteiger charge is -2.23. The number of rotatable bonds is 5. The fourth-order valence-corrected chi connectivity index (χ4v) is 4.80. The molecule has 2 heterocycles. The zero-order valence-electron chi connectivity index (χ0n) is 18.4. The van der Waals surface area contributed by atoms with Gasteiger partial charge in [-0.2, -0.15) is 0 Å². The second-order valence-corrected chi connectivity index (χ2v) is 8.77. The number of anilines is 1. The number of carbonyl (C=O) groups is 3.